The molecule has 1 heterocycles. The molecular weight excluding hydrogens is 332 g/mol. The highest BCUT2D eigenvalue weighted by molar-refractivity contribution is 5.14. The van der Waals surface area contributed by atoms with Gasteiger partial charge in [0.25, 0.3) is 0 Å². The summed E-state index contributed by atoms with van der Waals surface area (Å²) in [5.41, 5.74) is 2.06. The molecule has 1 fully saturated rings. The molecule has 140 valence electrons. The highest BCUT2D eigenvalue weighted by Gasteiger charge is 2.44. The molecule has 3 rings (SSSR count). The molecular formula is C21H26O5. The van der Waals surface area contributed by atoms with Crippen molar-refractivity contribution in [1.29, 1.82) is 0 Å². The molecule has 0 bridgehead atoms. The number of benzene rings is 2. The van der Waals surface area contributed by atoms with Crippen LogP contribution in [0.4, 0.5) is 0 Å². The highest BCUT2D eigenvalue weighted by atomic mass is 16.6. The maximum atomic E-state index is 10.6. The Bertz CT molecular complexity index is 648. The third-order valence-electron chi connectivity index (χ3n) is 4.64. The second-order valence-electron chi connectivity index (χ2n) is 6.58. The molecule has 5 atom stereocenters. The molecule has 2 unspecified atom stereocenters. The Hall–Kier alpha value is -1.76. The van der Waals surface area contributed by atoms with Crippen LogP contribution >= 0.6 is 0 Å². The van der Waals surface area contributed by atoms with Crippen molar-refractivity contribution < 1.29 is 24.4 Å². The van der Waals surface area contributed by atoms with E-state index in [-0.39, 0.29) is 12.7 Å². The van der Waals surface area contributed by atoms with Crippen molar-refractivity contribution in [2.24, 2.45) is 0 Å². The van der Waals surface area contributed by atoms with Crippen LogP contribution in [0.5, 0.6) is 0 Å². The zero-order valence-corrected chi connectivity index (χ0v) is 14.9. The second-order valence-corrected chi connectivity index (χ2v) is 6.58. The fourth-order valence-electron chi connectivity index (χ4n) is 3.21. The summed E-state index contributed by atoms with van der Waals surface area (Å²) in [5.74, 6) is 0. The van der Waals surface area contributed by atoms with Gasteiger partial charge in [-0.25, -0.2) is 0 Å². The van der Waals surface area contributed by atoms with Crippen LogP contribution in [0.15, 0.2) is 60.7 Å². The van der Waals surface area contributed by atoms with E-state index < -0.39 is 24.4 Å². The van der Waals surface area contributed by atoms with E-state index in [0.717, 1.165) is 11.1 Å². The lowest BCUT2D eigenvalue weighted by molar-refractivity contribution is -0.253. The SMILES string of the molecule is C[C@@H]1OC(CO)[C@@H](O)[C@H](OCc2ccccc2)C1OCc1ccccc1. The number of rotatable bonds is 7. The van der Waals surface area contributed by atoms with Crippen LogP contribution < -0.4 is 0 Å². The summed E-state index contributed by atoms with van der Waals surface area (Å²) in [6, 6.07) is 19.6. The van der Waals surface area contributed by atoms with Gasteiger partial charge in [0, 0.05) is 0 Å². The maximum Gasteiger partial charge on any atom is 0.115 e. The quantitative estimate of drug-likeness (QED) is 0.795. The van der Waals surface area contributed by atoms with Crippen LogP contribution in [-0.4, -0.2) is 47.3 Å². The van der Waals surface area contributed by atoms with Crippen molar-refractivity contribution in [3.8, 4) is 0 Å². The van der Waals surface area contributed by atoms with Crippen LogP contribution in [0.1, 0.15) is 18.1 Å². The average Bonchev–Trinajstić information content (AvgIpc) is 2.69. The standard InChI is InChI=1S/C21H26O5/c1-15-20(24-13-16-8-4-2-5-9-16)21(19(23)18(12-22)26-15)25-14-17-10-6-3-7-11-17/h2-11,15,18-23H,12-14H2,1H3/t15-,18?,19+,20?,21-/m0/s1. The zero-order valence-electron chi connectivity index (χ0n) is 14.9. The summed E-state index contributed by atoms with van der Waals surface area (Å²) in [6.07, 6.45) is -2.96. The van der Waals surface area contributed by atoms with E-state index in [1.807, 2.05) is 67.6 Å². The van der Waals surface area contributed by atoms with Crippen molar-refractivity contribution in [3.05, 3.63) is 71.8 Å². The van der Waals surface area contributed by atoms with E-state index in [9.17, 15) is 10.2 Å². The second kappa shape index (κ2) is 9.26. The van der Waals surface area contributed by atoms with Gasteiger partial charge in [0.2, 0.25) is 0 Å². The Morgan fingerprint density at radius 2 is 1.35 bits per heavy atom. The summed E-state index contributed by atoms with van der Waals surface area (Å²) in [7, 11) is 0. The van der Waals surface area contributed by atoms with Gasteiger partial charge < -0.3 is 24.4 Å². The van der Waals surface area contributed by atoms with Gasteiger partial charge in [0.1, 0.15) is 24.4 Å². The Kier molecular flexibility index (Phi) is 6.77. The van der Waals surface area contributed by atoms with E-state index in [4.69, 9.17) is 14.2 Å². The molecule has 1 saturated heterocycles. The third kappa shape index (κ3) is 4.69. The topological polar surface area (TPSA) is 68.2 Å². The minimum Gasteiger partial charge on any atom is -0.394 e. The van der Waals surface area contributed by atoms with Gasteiger partial charge in [-0.05, 0) is 18.1 Å². The molecule has 26 heavy (non-hydrogen) atoms. The minimum atomic E-state index is -0.958. The van der Waals surface area contributed by atoms with Crippen molar-refractivity contribution >= 4 is 0 Å². The van der Waals surface area contributed by atoms with Gasteiger partial charge in [0.15, 0.2) is 0 Å². The number of hydrogen-bond acceptors (Lipinski definition) is 5. The molecule has 2 N–H and O–H groups in total. The lowest BCUT2D eigenvalue weighted by Gasteiger charge is -2.43. The summed E-state index contributed by atoms with van der Waals surface area (Å²) < 4.78 is 17.8. The molecule has 0 saturated carbocycles. The van der Waals surface area contributed by atoms with Crippen molar-refractivity contribution in [3.63, 3.8) is 0 Å². The van der Waals surface area contributed by atoms with E-state index >= 15 is 0 Å². The van der Waals surface area contributed by atoms with Gasteiger partial charge in [-0.1, -0.05) is 60.7 Å². The summed E-state index contributed by atoms with van der Waals surface area (Å²) >= 11 is 0. The molecule has 0 amide bonds. The van der Waals surface area contributed by atoms with Gasteiger partial charge in [0.05, 0.1) is 25.9 Å². The lowest BCUT2D eigenvalue weighted by Crippen LogP contribution is -2.59. The van der Waals surface area contributed by atoms with Crippen LogP contribution in [0.2, 0.25) is 0 Å². The number of ether oxygens (including phenoxy) is 3. The first-order chi connectivity index (χ1) is 12.7. The molecule has 5 nitrogen and oxygen atoms in total. The maximum absolute atomic E-state index is 10.6. The van der Waals surface area contributed by atoms with Gasteiger partial charge in [-0.2, -0.15) is 0 Å². The highest BCUT2D eigenvalue weighted by Crippen LogP contribution is 2.27. The van der Waals surface area contributed by atoms with Gasteiger partial charge in [-0.15, -0.1) is 0 Å². The smallest absolute Gasteiger partial charge is 0.115 e. The fraction of sp³-hybridized carbons (Fsp3) is 0.429. The molecule has 5 heteroatoms. The predicted molar refractivity (Wildman–Crippen MR) is 97.5 cm³/mol. The Labute approximate surface area is 154 Å². The summed E-state index contributed by atoms with van der Waals surface area (Å²) in [5, 5.41) is 20.1. The van der Waals surface area contributed by atoms with Crippen molar-refractivity contribution in [2.75, 3.05) is 6.61 Å². The number of aliphatic hydroxyl groups is 2. The van der Waals surface area contributed by atoms with Crippen LogP contribution in [0.25, 0.3) is 0 Å². The number of hydrogen-bond donors (Lipinski definition) is 2. The van der Waals surface area contributed by atoms with Gasteiger partial charge in [-0.3, -0.25) is 0 Å². The van der Waals surface area contributed by atoms with Crippen LogP contribution in [0.3, 0.4) is 0 Å². The Balaban J connectivity index is 1.69. The predicted octanol–water partition coefficient (Wildman–Crippen LogP) is 2.30. The first-order valence-electron chi connectivity index (χ1n) is 8.94. The van der Waals surface area contributed by atoms with E-state index in [2.05, 4.69) is 0 Å². The Morgan fingerprint density at radius 1 is 0.846 bits per heavy atom. The monoisotopic (exact) mass is 358 g/mol. The Morgan fingerprint density at radius 3 is 1.85 bits per heavy atom. The van der Waals surface area contributed by atoms with Gasteiger partial charge >= 0.3 is 0 Å². The normalized spacial score (nSPS) is 28.8. The molecule has 1 aliphatic rings. The number of aliphatic hydroxyl groups excluding tert-OH is 2. The molecule has 2 aromatic rings. The molecule has 0 radical (unpaired) electrons. The summed E-state index contributed by atoms with van der Waals surface area (Å²) in [4.78, 5) is 0. The fourth-order valence-corrected chi connectivity index (χ4v) is 3.21. The zero-order chi connectivity index (χ0) is 18.4. The van der Waals surface area contributed by atoms with Crippen LogP contribution in [0, 0.1) is 0 Å². The molecule has 0 spiro atoms. The minimum absolute atomic E-state index is 0.262. The average molecular weight is 358 g/mol. The van der Waals surface area contributed by atoms with E-state index in [1.165, 1.54) is 0 Å². The first-order valence-corrected chi connectivity index (χ1v) is 8.94. The molecule has 0 aliphatic carbocycles. The molecule has 1 aliphatic heterocycles. The molecule has 2 aromatic carbocycles. The van der Waals surface area contributed by atoms with Crippen LogP contribution in [-0.2, 0) is 27.4 Å². The van der Waals surface area contributed by atoms with E-state index in [0.29, 0.717) is 13.2 Å². The first kappa shape index (κ1) is 19.0. The van der Waals surface area contributed by atoms with E-state index in [1.54, 1.807) is 0 Å². The van der Waals surface area contributed by atoms with Crippen molar-refractivity contribution in [1.82, 2.24) is 0 Å². The van der Waals surface area contributed by atoms with Crippen molar-refractivity contribution in [2.45, 2.75) is 50.7 Å². The lowest BCUT2D eigenvalue weighted by atomic mass is 9.95. The third-order valence-corrected chi connectivity index (χ3v) is 4.64. The summed E-state index contributed by atoms with van der Waals surface area (Å²) in [6.45, 7) is 2.38. The molecule has 0 aromatic heterocycles. The largest absolute Gasteiger partial charge is 0.394 e.